The molecule has 0 saturated heterocycles. The Morgan fingerprint density at radius 3 is 1.94 bits per heavy atom. The van der Waals surface area contributed by atoms with Crippen molar-refractivity contribution >= 4 is 24.3 Å². The van der Waals surface area contributed by atoms with Crippen LogP contribution >= 0.6 is 12.4 Å². The molecule has 0 saturated carbocycles. The van der Waals surface area contributed by atoms with Crippen molar-refractivity contribution in [3.8, 4) is 0 Å². The van der Waals surface area contributed by atoms with Crippen molar-refractivity contribution in [2.45, 2.75) is 122 Å². The van der Waals surface area contributed by atoms with E-state index in [2.05, 4.69) is 24.4 Å². The van der Waals surface area contributed by atoms with Gasteiger partial charge in [-0.1, -0.05) is 70.4 Å². The Morgan fingerprint density at radius 2 is 1.39 bits per heavy atom. The minimum absolute atomic E-state index is 0. The molecule has 184 valence electrons. The van der Waals surface area contributed by atoms with Gasteiger partial charge >= 0.3 is 5.97 Å². The molecule has 0 aromatic carbocycles. The Labute approximate surface area is 197 Å². The molecule has 31 heavy (non-hydrogen) atoms. The van der Waals surface area contributed by atoms with Crippen LogP contribution in [-0.2, 0) is 14.3 Å². The van der Waals surface area contributed by atoms with Crippen molar-refractivity contribution < 1.29 is 14.3 Å². The molecular formula is C25H49ClN2O3. The molecule has 6 heteroatoms. The number of unbranched alkanes of at least 4 members (excludes halogenated alkanes) is 12. The van der Waals surface area contributed by atoms with Crippen LogP contribution in [0.25, 0.3) is 0 Å². The monoisotopic (exact) mass is 460 g/mol. The highest BCUT2D eigenvalue weighted by atomic mass is 35.5. The van der Waals surface area contributed by atoms with Gasteiger partial charge in [0.05, 0.1) is 7.11 Å². The van der Waals surface area contributed by atoms with Crippen LogP contribution < -0.4 is 11.1 Å². The molecule has 0 fully saturated rings. The minimum Gasteiger partial charge on any atom is -0.467 e. The van der Waals surface area contributed by atoms with Gasteiger partial charge in [0.15, 0.2) is 0 Å². The summed E-state index contributed by atoms with van der Waals surface area (Å²) >= 11 is 0. The van der Waals surface area contributed by atoms with Gasteiger partial charge in [0, 0.05) is 6.42 Å². The van der Waals surface area contributed by atoms with Crippen molar-refractivity contribution in [2.24, 2.45) is 5.73 Å². The van der Waals surface area contributed by atoms with E-state index in [0.717, 1.165) is 32.1 Å². The fraction of sp³-hybridized carbons (Fsp3) is 0.840. The maximum Gasteiger partial charge on any atom is 0.328 e. The average Bonchev–Trinajstić information content (AvgIpc) is 2.75. The Hall–Kier alpha value is -1.07. The second kappa shape index (κ2) is 25.2. The first kappa shape index (κ1) is 32.1. The molecule has 0 aromatic heterocycles. The van der Waals surface area contributed by atoms with E-state index in [1.54, 1.807) is 0 Å². The maximum atomic E-state index is 12.1. The van der Waals surface area contributed by atoms with Crippen molar-refractivity contribution in [3.63, 3.8) is 0 Å². The molecule has 0 radical (unpaired) electrons. The van der Waals surface area contributed by atoms with Gasteiger partial charge in [0.2, 0.25) is 5.91 Å². The fourth-order valence-electron chi connectivity index (χ4n) is 3.51. The van der Waals surface area contributed by atoms with E-state index in [4.69, 9.17) is 10.5 Å². The molecule has 0 rings (SSSR count). The van der Waals surface area contributed by atoms with Gasteiger partial charge in [-0.15, -0.1) is 12.4 Å². The number of amides is 1. The number of ether oxygens (including phenoxy) is 1. The highest BCUT2D eigenvalue weighted by Gasteiger charge is 2.20. The van der Waals surface area contributed by atoms with Crippen molar-refractivity contribution in [1.29, 1.82) is 0 Å². The minimum atomic E-state index is -0.544. The van der Waals surface area contributed by atoms with E-state index in [9.17, 15) is 9.59 Å². The SMILES string of the molecule is CCCCCCCC/C=C\CCCCCCCC(=O)N[C@@H](CCCCN)C(=O)OC.Cl. The van der Waals surface area contributed by atoms with E-state index < -0.39 is 6.04 Å². The zero-order valence-electron chi connectivity index (χ0n) is 20.2. The first-order chi connectivity index (χ1) is 14.7. The molecule has 0 aromatic rings. The van der Waals surface area contributed by atoms with Crippen molar-refractivity contribution in [2.75, 3.05) is 13.7 Å². The molecule has 0 aliphatic rings. The molecular weight excluding hydrogens is 412 g/mol. The third kappa shape index (κ3) is 21.9. The van der Waals surface area contributed by atoms with Crippen molar-refractivity contribution in [1.82, 2.24) is 5.32 Å². The van der Waals surface area contributed by atoms with Gasteiger partial charge in [0.1, 0.15) is 6.04 Å². The molecule has 1 atom stereocenters. The number of methoxy groups -OCH3 is 1. The fourth-order valence-corrected chi connectivity index (χ4v) is 3.51. The number of hydrogen-bond acceptors (Lipinski definition) is 4. The highest BCUT2D eigenvalue weighted by Crippen LogP contribution is 2.10. The predicted molar refractivity (Wildman–Crippen MR) is 134 cm³/mol. The Morgan fingerprint density at radius 1 is 0.839 bits per heavy atom. The molecule has 0 heterocycles. The lowest BCUT2D eigenvalue weighted by Gasteiger charge is -2.16. The lowest BCUT2D eigenvalue weighted by Crippen LogP contribution is -2.41. The van der Waals surface area contributed by atoms with E-state index in [1.807, 2.05) is 0 Å². The highest BCUT2D eigenvalue weighted by molar-refractivity contribution is 5.85. The first-order valence-corrected chi connectivity index (χ1v) is 12.4. The van der Waals surface area contributed by atoms with Gasteiger partial charge in [-0.25, -0.2) is 4.79 Å². The summed E-state index contributed by atoms with van der Waals surface area (Å²) in [4.78, 5) is 23.9. The number of allylic oxidation sites excluding steroid dienone is 2. The quantitative estimate of drug-likeness (QED) is 0.121. The summed E-state index contributed by atoms with van der Waals surface area (Å²) in [7, 11) is 1.36. The average molecular weight is 461 g/mol. The summed E-state index contributed by atoms with van der Waals surface area (Å²) < 4.78 is 4.78. The Kier molecular flexibility index (Phi) is 26.1. The Balaban J connectivity index is 0. The van der Waals surface area contributed by atoms with Crippen LogP contribution in [0.4, 0.5) is 0 Å². The van der Waals surface area contributed by atoms with Crippen molar-refractivity contribution in [3.05, 3.63) is 12.2 Å². The molecule has 0 unspecified atom stereocenters. The lowest BCUT2D eigenvalue weighted by molar-refractivity contribution is -0.145. The third-order valence-corrected chi connectivity index (χ3v) is 5.43. The van der Waals surface area contributed by atoms with E-state index in [-0.39, 0.29) is 24.3 Å². The van der Waals surface area contributed by atoms with Gasteiger partial charge in [-0.3, -0.25) is 4.79 Å². The van der Waals surface area contributed by atoms with Crippen LogP contribution in [0.1, 0.15) is 116 Å². The second-order valence-corrected chi connectivity index (χ2v) is 8.26. The molecule has 0 aliphatic carbocycles. The molecule has 0 aliphatic heterocycles. The summed E-state index contributed by atoms with van der Waals surface area (Å²) in [6.07, 6.45) is 23.5. The smallest absolute Gasteiger partial charge is 0.328 e. The first-order valence-electron chi connectivity index (χ1n) is 12.4. The van der Waals surface area contributed by atoms with Crippen LogP contribution in [-0.4, -0.2) is 31.6 Å². The number of carbonyl (C=O) groups excluding carboxylic acids is 2. The van der Waals surface area contributed by atoms with Crippen LogP contribution in [0.3, 0.4) is 0 Å². The van der Waals surface area contributed by atoms with Gasteiger partial charge in [-0.05, 0) is 57.9 Å². The predicted octanol–water partition coefficient (Wildman–Crippen LogP) is 6.23. The number of nitrogens with one attached hydrogen (secondary N) is 1. The van der Waals surface area contributed by atoms with Crippen LogP contribution in [0.2, 0.25) is 0 Å². The summed E-state index contributed by atoms with van der Waals surface area (Å²) in [5.74, 6) is -0.430. The van der Waals surface area contributed by atoms with Gasteiger partial charge in [-0.2, -0.15) is 0 Å². The lowest BCUT2D eigenvalue weighted by atomic mass is 10.1. The molecule has 3 N–H and O–H groups in total. The summed E-state index contributed by atoms with van der Waals surface area (Å²) in [6, 6.07) is -0.544. The van der Waals surface area contributed by atoms with E-state index >= 15 is 0 Å². The molecule has 5 nitrogen and oxygen atoms in total. The van der Waals surface area contributed by atoms with E-state index in [1.165, 1.54) is 71.3 Å². The largest absolute Gasteiger partial charge is 0.467 e. The van der Waals surface area contributed by atoms with Crippen LogP contribution in [0.5, 0.6) is 0 Å². The zero-order valence-corrected chi connectivity index (χ0v) is 21.0. The molecule has 1 amide bonds. The second-order valence-electron chi connectivity index (χ2n) is 8.26. The topological polar surface area (TPSA) is 81.4 Å². The van der Waals surface area contributed by atoms with Gasteiger partial charge in [0.25, 0.3) is 0 Å². The van der Waals surface area contributed by atoms with Crippen LogP contribution in [0, 0.1) is 0 Å². The number of esters is 1. The van der Waals surface area contributed by atoms with E-state index in [0.29, 0.717) is 19.4 Å². The summed E-state index contributed by atoms with van der Waals surface area (Å²) in [5.41, 5.74) is 5.49. The normalized spacial score (nSPS) is 11.8. The number of rotatable bonds is 21. The number of hydrogen-bond donors (Lipinski definition) is 2. The van der Waals surface area contributed by atoms with Crippen LogP contribution in [0.15, 0.2) is 12.2 Å². The maximum absolute atomic E-state index is 12.1. The standard InChI is InChI=1S/C25H48N2O3.ClH/c1-3-4-5-6-7-8-9-10-11-12-13-14-15-16-17-21-24(28)27-23(25(29)30-2)20-18-19-22-26;/h10-11,23H,3-9,12-22,26H2,1-2H3,(H,27,28);1H/b11-10-;/t23-;/m0./s1. The Bertz CT molecular complexity index is 444. The number of carbonyl (C=O) groups is 2. The summed E-state index contributed by atoms with van der Waals surface area (Å²) in [5, 5.41) is 2.81. The number of nitrogens with two attached hydrogens (primary N) is 1. The third-order valence-electron chi connectivity index (χ3n) is 5.43. The molecule has 0 bridgehead atoms. The van der Waals surface area contributed by atoms with Gasteiger partial charge < -0.3 is 15.8 Å². The summed E-state index contributed by atoms with van der Waals surface area (Å²) in [6.45, 7) is 2.85. The number of halogens is 1. The zero-order chi connectivity index (χ0) is 22.3. The molecule has 0 spiro atoms.